The van der Waals surface area contributed by atoms with Crippen molar-refractivity contribution in [1.82, 2.24) is 10.2 Å². The van der Waals surface area contributed by atoms with Gasteiger partial charge in [0.15, 0.2) is 9.84 Å². The zero-order valence-corrected chi connectivity index (χ0v) is 16.2. The Labute approximate surface area is 156 Å². The SMILES string of the molecule is CNCC1CCN(C(=O)c2ccc(S(=O)(=O)C3CCCC3)cc2)C1.Cl. The lowest BCUT2D eigenvalue weighted by Gasteiger charge is -2.17. The first-order chi connectivity index (χ1) is 11.5. The van der Waals surface area contributed by atoms with Gasteiger partial charge in [-0.3, -0.25) is 4.79 Å². The number of benzene rings is 1. The Hall–Kier alpha value is -1.11. The summed E-state index contributed by atoms with van der Waals surface area (Å²) < 4.78 is 25.2. The van der Waals surface area contributed by atoms with E-state index < -0.39 is 9.84 Å². The van der Waals surface area contributed by atoms with Gasteiger partial charge in [0.25, 0.3) is 5.91 Å². The van der Waals surface area contributed by atoms with Crippen LogP contribution in [0.25, 0.3) is 0 Å². The second-order valence-corrected chi connectivity index (χ2v) is 9.17. The molecule has 3 rings (SSSR count). The number of hydrogen-bond acceptors (Lipinski definition) is 4. The van der Waals surface area contributed by atoms with E-state index in [2.05, 4.69) is 5.32 Å². The van der Waals surface area contributed by atoms with E-state index in [4.69, 9.17) is 0 Å². The summed E-state index contributed by atoms with van der Waals surface area (Å²) in [6.07, 6.45) is 4.50. The number of carbonyl (C=O) groups is 1. The van der Waals surface area contributed by atoms with Crippen LogP contribution < -0.4 is 5.32 Å². The second kappa shape index (κ2) is 8.52. The largest absolute Gasteiger partial charge is 0.338 e. The van der Waals surface area contributed by atoms with Gasteiger partial charge in [-0.25, -0.2) is 8.42 Å². The predicted octanol–water partition coefficient (Wildman–Crippen LogP) is 2.51. The Morgan fingerprint density at radius 2 is 1.80 bits per heavy atom. The fourth-order valence-electron chi connectivity index (χ4n) is 3.83. The van der Waals surface area contributed by atoms with E-state index >= 15 is 0 Å². The maximum atomic E-state index is 12.6. The molecule has 1 N–H and O–H groups in total. The average molecular weight is 387 g/mol. The molecule has 1 aliphatic heterocycles. The molecule has 1 unspecified atom stereocenters. The van der Waals surface area contributed by atoms with Crippen molar-refractivity contribution in [3.63, 3.8) is 0 Å². The third-order valence-electron chi connectivity index (χ3n) is 5.24. The average Bonchev–Trinajstić information content (AvgIpc) is 3.27. The van der Waals surface area contributed by atoms with Crippen molar-refractivity contribution >= 4 is 28.2 Å². The zero-order valence-electron chi connectivity index (χ0n) is 14.6. The summed E-state index contributed by atoms with van der Waals surface area (Å²) in [5, 5.41) is 2.90. The van der Waals surface area contributed by atoms with E-state index in [0.29, 0.717) is 16.4 Å². The van der Waals surface area contributed by atoms with Crippen molar-refractivity contribution < 1.29 is 13.2 Å². The molecule has 0 spiro atoms. The van der Waals surface area contributed by atoms with Gasteiger partial charge in [-0.2, -0.15) is 0 Å². The topological polar surface area (TPSA) is 66.5 Å². The van der Waals surface area contributed by atoms with Crippen LogP contribution in [0.1, 0.15) is 42.5 Å². The summed E-state index contributed by atoms with van der Waals surface area (Å²) in [6, 6.07) is 6.52. The van der Waals surface area contributed by atoms with Gasteiger partial charge in [0, 0.05) is 18.7 Å². The molecule has 1 saturated heterocycles. The van der Waals surface area contributed by atoms with Crippen LogP contribution in [0.3, 0.4) is 0 Å². The predicted molar refractivity (Wildman–Crippen MR) is 101 cm³/mol. The van der Waals surface area contributed by atoms with Crippen LogP contribution in [0.5, 0.6) is 0 Å². The van der Waals surface area contributed by atoms with E-state index in [1.165, 1.54) is 0 Å². The standard InChI is InChI=1S/C18H26N2O3S.ClH/c1-19-12-14-10-11-20(13-14)18(21)15-6-8-17(9-7-15)24(22,23)16-4-2-3-5-16;/h6-9,14,16,19H,2-5,10-13H2,1H3;1H. The first-order valence-corrected chi connectivity index (χ1v) is 10.3. The molecule has 7 heteroatoms. The third-order valence-corrected chi connectivity index (χ3v) is 7.51. The Bertz CT molecular complexity index is 685. The van der Waals surface area contributed by atoms with Crippen LogP contribution in [0, 0.1) is 5.92 Å². The molecule has 1 saturated carbocycles. The lowest BCUT2D eigenvalue weighted by Crippen LogP contribution is -2.30. The molecule has 0 radical (unpaired) electrons. The number of nitrogens with one attached hydrogen (secondary N) is 1. The lowest BCUT2D eigenvalue weighted by atomic mass is 10.1. The first-order valence-electron chi connectivity index (χ1n) is 8.80. The van der Waals surface area contributed by atoms with E-state index in [0.717, 1.165) is 51.7 Å². The molecule has 1 heterocycles. The highest BCUT2D eigenvalue weighted by Gasteiger charge is 2.31. The minimum absolute atomic E-state index is 0. The molecule has 1 aromatic rings. The van der Waals surface area contributed by atoms with Crippen molar-refractivity contribution in [3.05, 3.63) is 29.8 Å². The van der Waals surface area contributed by atoms with Crippen molar-refractivity contribution in [2.75, 3.05) is 26.7 Å². The van der Waals surface area contributed by atoms with Crippen LogP contribution in [-0.4, -0.2) is 51.2 Å². The number of amides is 1. The summed E-state index contributed by atoms with van der Waals surface area (Å²) in [5.41, 5.74) is 0.575. The molecule has 1 aliphatic carbocycles. The molecule has 0 bridgehead atoms. The monoisotopic (exact) mass is 386 g/mol. The first kappa shape index (κ1) is 20.2. The van der Waals surface area contributed by atoms with Gasteiger partial charge in [-0.15, -0.1) is 12.4 Å². The van der Waals surface area contributed by atoms with Gasteiger partial charge in [-0.1, -0.05) is 12.8 Å². The fraction of sp³-hybridized carbons (Fsp3) is 0.611. The number of carbonyl (C=O) groups excluding carboxylic acids is 1. The Balaban J connectivity index is 0.00000225. The molecule has 25 heavy (non-hydrogen) atoms. The van der Waals surface area contributed by atoms with E-state index in [-0.39, 0.29) is 23.6 Å². The van der Waals surface area contributed by atoms with Gasteiger partial charge in [-0.05, 0) is 63.0 Å². The number of rotatable bonds is 5. The zero-order chi connectivity index (χ0) is 17.2. The van der Waals surface area contributed by atoms with Crippen LogP contribution in [0.4, 0.5) is 0 Å². The molecule has 140 valence electrons. The van der Waals surface area contributed by atoms with Crippen molar-refractivity contribution in [3.8, 4) is 0 Å². The second-order valence-electron chi connectivity index (χ2n) is 6.94. The maximum Gasteiger partial charge on any atom is 0.253 e. The summed E-state index contributed by atoms with van der Waals surface area (Å²) in [5.74, 6) is 0.499. The molecule has 1 aromatic carbocycles. The van der Waals surface area contributed by atoms with Crippen LogP contribution in [-0.2, 0) is 9.84 Å². The highest BCUT2D eigenvalue weighted by Crippen LogP contribution is 2.29. The minimum atomic E-state index is -3.25. The van der Waals surface area contributed by atoms with Gasteiger partial charge in [0.1, 0.15) is 0 Å². The highest BCUT2D eigenvalue weighted by molar-refractivity contribution is 7.92. The van der Waals surface area contributed by atoms with Crippen molar-refractivity contribution in [2.45, 2.75) is 42.2 Å². The van der Waals surface area contributed by atoms with Crippen LogP contribution in [0.15, 0.2) is 29.2 Å². The number of likely N-dealkylation sites (tertiary alicyclic amines) is 1. The van der Waals surface area contributed by atoms with E-state index in [1.807, 2.05) is 11.9 Å². The number of halogens is 1. The molecule has 2 aliphatic rings. The molecular weight excluding hydrogens is 360 g/mol. The Morgan fingerprint density at radius 3 is 2.40 bits per heavy atom. The molecule has 5 nitrogen and oxygen atoms in total. The lowest BCUT2D eigenvalue weighted by molar-refractivity contribution is 0.0787. The maximum absolute atomic E-state index is 12.6. The molecule has 0 aromatic heterocycles. The van der Waals surface area contributed by atoms with E-state index in [9.17, 15) is 13.2 Å². The van der Waals surface area contributed by atoms with Crippen LogP contribution >= 0.6 is 12.4 Å². The molecular formula is C18H27ClN2O3S. The summed E-state index contributed by atoms with van der Waals surface area (Å²) in [6.45, 7) is 2.46. The number of hydrogen-bond donors (Lipinski definition) is 1. The quantitative estimate of drug-likeness (QED) is 0.844. The number of nitrogens with zero attached hydrogens (tertiary/aromatic N) is 1. The van der Waals surface area contributed by atoms with Crippen molar-refractivity contribution in [1.29, 1.82) is 0 Å². The molecule has 1 amide bonds. The molecule has 1 atom stereocenters. The fourth-order valence-corrected chi connectivity index (χ4v) is 5.69. The van der Waals surface area contributed by atoms with Crippen molar-refractivity contribution in [2.24, 2.45) is 5.92 Å². The molecule has 2 fully saturated rings. The number of sulfone groups is 1. The van der Waals surface area contributed by atoms with Crippen LogP contribution in [0.2, 0.25) is 0 Å². The summed E-state index contributed by atoms with van der Waals surface area (Å²) in [7, 11) is -1.32. The van der Waals surface area contributed by atoms with Gasteiger partial charge in [0.05, 0.1) is 10.1 Å². The van der Waals surface area contributed by atoms with E-state index in [1.54, 1.807) is 24.3 Å². The minimum Gasteiger partial charge on any atom is -0.338 e. The Kier molecular flexibility index (Phi) is 6.88. The normalized spacial score (nSPS) is 21.3. The summed E-state index contributed by atoms with van der Waals surface area (Å²) in [4.78, 5) is 14.8. The smallest absolute Gasteiger partial charge is 0.253 e. The summed E-state index contributed by atoms with van der Waals surface area (Å²) >= 11 is 0. The Morgan fingerprint density at radius 1 is 1.16 bits per heavy atom. The van der Waals surface area contributed by atoms with Gasteiger partial charge >= 0.3 is 0 Å². The van der Waals surface area contributed by atoms with Gasteiger partial charge < -0.3 is 10.2 Å². The highest BCUT2D eigenvalue weighted by atomic mass is 35.5. The van der Waals surface area contributed by atoms with Gasteiger partial charge in [0.2, 0.25) is 0 Å². The third kappa shape index (κ3) is 4.36.